The van der Waals surface area contributed by atoms with Crippen LogP contribution in [0.1, 0.15) is 51.4 Å². The highest BCUT2D eigenvalue weighted by molar-refractivity contribution is 7.16. The van der Waals surface area contributed by atoms with Gasteiger partial charge >= 0.3 is 0 Å². The normalized spacial score (nSPS) is 19.6. The zero-order chi connectivity index (χ0) is 21.4. The van der Waals surface area contributed by atoms with Crippen molar-refractivity contribution in [1.29, 1.82) is 0 Å². The van der Waals surface area contributed by atoms with Crippen molar-refractivity contribution in [2.45, 2.75) is 39.0 Å². The summed E-state index contributed by atoms with van der Waals surface area (Å²) in [4.78, 5) is 14.3. The van der Waals surface area contributed by atoms with Gasteiger partial charge in [0.25, 0.3) is 5.91 Å². The first-order chi connectivity index (χ1) is 15.1. The molecular formula is C25H26N2O3S. The average Bonchev–Trinajstić information content (AvgIpc) is 3.16. The zero-order valence-corrected chi connectivity index (χ0v) is 18.6. The topological polar surface area (TPSA) is 59.6 Å². The van der Waals surface area contributed by atoms with E-state index in [1.807, 2.05) is 48.5 Å². The first kappa shape index (κ1) is 19.9. The molecule has 2 heterocycles. The fraction of sp³-hybridized carbons (Fsp3) is 0.320. The summed E-state index contributed by atoms with van der Waals surface area (Å²) in [5, 5.41) is 7.64. The minimum Gasteiger partial charge on any atom is -0.493 e. The molecule has 5 nitrogen and oxygen atoms in total. The largest absolute Gasteiger partial charge is 0.493 e. The van der Waals surface area contributed by atoms with Crippen molar-refractivity contribution in [2.24, 2.45) is 5.92 Å². The summed E-state index contributed by atoms with van der Waals surface area (Å²) in [6.45, 7) is 2.75. The minimum atomic E-state index is -0.297. The number of hydrogen-bond acceptors (Lipinski definition) is 5. The number of thiophene rings is 1. The second kappa shape index (κ2) is 8.27. The fourth-order valence-electron chi connectivity index (χ4n) is 4.35. The lowest BCUT2D eigenvalue weighted by molar-refractivity contribution is 0.0935. The first-order valence-electron chi connectivity index (χ1n) is 10.7. The number of nitrogens with one attached hydrogen (secondary N) is 2. The van der Waals surface area contributed by atoms with Crippen LogP contribution >= 0.6 is 11.3 Å². The van der Waals surface area contributed by atoms with Crippen molar-refractivity contribution in [1.82, 2.24) is 5.32 Å². The fourth-order valence-corrected chi connectivity index (χ4v) is 5.78. The highest BCUT2D eigenvalue weighted by Gasteiger charge is 2.33. The number of ether oxygens (including phenoxy) is 2. The van der Waals surface area contributed by atoms with E-state index in [4.69, 9.17) is 9.47 Å². The van der Waals surface area contributed by atoms with Crippen LogP contribution in [-0.4, -0.2) is 13.0 Å². The highest BCUT2D eigenvalue weighted by atomic mass is 32.1. The molecule has 0 saturated carbocycles. The third-order valence-electron chi connectivity index (χ3n) is 6.05. The van der Waals surface area contributed by atoms with E-state index >= 15 is 0 Å². The van der Waals surface area contributed by atoms with Crippen LogP contribution in [0.5, 0.6) is 11.5 Å². The quantitative estimate of drug-likeness (QED) is 0.571. The van der Waals surface area contributed by atoms with Crippen LogP contribution < -0.4 is 20.1 Å². The van der Waals surface area contributed by atoms with E-state index in [2.05, 4.69) is 17.6 Å². The number of benzene rings is 2. The lowest BCUT2D eigenvalue weighted by atomic mass is 9.88. The minimum absolute atomic E-state index is 0.00849. The van der Waals surface area contributed by atoms with E-state index in [0.29, 0.717) is 24.0 Å². The lowest BCUT2D eigenvalue weighted by Crippen LogP contribution is -2.38. The molecule has 0 saturated heterocycles. The van der Waals surface area contributed by atoms with Crippen molar-refractivity contribution >= 4 is 22.2 Å². The Balaban J connectivity index is 1.36. The van der Waals surface area contributed by atoms with Gasteiger partial charge in [-0.05, 0) is 54.0 Å². The molecule has 0 fully saturated rings. The van der Waals surface area contributed by atoms with Gasteiger partial charge in [-0.2, -0.15) is 0 Å². The van der Waals surface area contributed by atoms with Crippen LogP contribution in [-0.2, 0) is 19.4 Å². The monoisotopic (exact) mass is 434 g/mol. The molecule has 5 rings (SSSR count). The molecular weight excluding hydrogens is 408 g/mol. The maximum Gasteiger partial charge on any atom is 0.256 e. The second-order valence-corrected chi connectivity index (χ2v) is 9.40. The van der Waals surface area contributed by atoms with Gasteiger partial charge in [-0.1, -0.05) is 43.3 Å². The predicted molar refractivity (Wildman–Crippen MR) is 123 cm³/mol. The molecule has 6 heteroatoms. The van der Waals surface area contributed by atoms with Gasteiger partial charge in [-0.15, -0.1) is 11.3 Å². The van der Waals surface area contributed by atoms with E-state index in [0.717, 1.165) is 41.0 Å². The summed E-state index contributed by atoms with van der Waals surface area (Å²) in [6.07, 6.45) is 2.90. The van der Waals surface area contributed by atoms with Gasteiger partial charge in [0.2, 0.25) is 0 Å². The van der Waals surface area contributed by atoms with Crippen LogP contribution in [0, 0.1) is 5.92 Å². The molecule has 0 radical (unpaired) electrons. The van der Waals surface area contributed by atoms with Gasteiger partial charge in [0, 0.05) is 4.88 Å². The number of carbonyl (C=O) groups is 1. The molecule has 1 aliphatic carbocycles. The van der Waals surface area contributed by atoms with Gasteiger partial charge in [0.1, 0.15) is 17.8 Å². The van der Waals surface area contributed by atoms with Crippen molar-refractivity contribution in [3.8, 4) is 11.5 Å². The van der Waals surface area contributed by atoms with Crippen LogP contribution in [0.15, 0.2) is 48.5 Å². The Labute approximate surface area is 186 Å². The van der Waals surface area contributed by atoms with E-state index in [1.54, 1.807) is 18.4 Å². The maximum absolute atomic E-state index is 13.0. The van der Waals surface area contributed by atoms with E-state index in [1.165, 1.54) is 10.4 Å². The van der Waals surface area contributed by atoms with Crippen LogP contribution in [0.3, 0.4) is 0 Å². The summed E-state index contributed by atoms with van der Waals surface area (Å²) in [7, 11) is 1.63. The Morgan fingerprint density at radius 1 is 1.10 bits per heavy atom. The number of rotatable bonds is 5. The Morgan fingerprint density at radius 2 is 1.94 bits per heavy atom. The van der Waals surface area contributed by atoms with Gasteiger partial charge in [-0.25, -0.2) is 0 Å². The molecule has 0 spiro atoms. The third kappa shape index (κ3) is 3.88. The number of fused-ring (bicyclic) bond motifs is 3. The van der Waals surface area contributed by atoms with Crippen LogP contribution in [0.2, 0.25) is 0 Å². The molecule has 2 N–H and O–H groups in total. The van der Waals surface area contributed by atoms with Crippen LogP contribution in [0.25, 0.3) is 0 Å². The number of amides is 1. The first-order valence-corrected chi connectivity index (χ1v) is 11.5. The Hall–Kier alpha value is -2.99. The van der Waals surface area contributed by atoms with Gasteiger partial charge < -0.3 is 20.1 Å². The number of anilines is 1. The molecule has 3 aromatic rings. The van der Waals surface area contributed by atoms with E-state index in [-0.39, 0.29) is 12.1 Å². The molecule has 160 valence electrons. The molecule has 1 amide bonds. The van der Waals surface area contributed by atoms with Crippen molar-refractivity contribution in [3.63, 3.8) is 0 Å². The highest BCUT2D eigenvalue weighted by Crippen LogP contribution is 2.43. The maximum atomic E-state index is 13.0. The third-order valence-corrected chi connectivity index (χ3v) is 7.23. The average molecular weight is 435 g/mol. The van der Waals surface area contributed by atoms with Gasteiger partial charge in [-0.3, -0.25) is 4.79 Å². The number of carbonyl (C=O) groups excluding carboxylic acids is 1. The molecule has 31 heavy (non-hydrogen) atoms. The molecule has 0 bridgehead atoms. The van der Waals surface area contributed by atoms with E-state index < -0.39 is 0 Å². The molecule has 1 aliphatic heterocycles. The predicted octanol–water partition coefficient (Wildman–Crippen LogP) is 5.31. The molecule has 2 atom stereocenters. The Kier molecular flexibility index (Phi) is 5.32. The van der Waals surface area contributed by atoms with Gasteiger partial charge in [0.15, 0.2) is 11.5 Å². The Morgan fingerprint density at radius 3 is 2.74 bits per heavy atom. The van der Waals surface area contributed by atoms with Crippen molar-refractivity contribution in [2.75, 3.05) is 12.4 Å². The molecule has 0 unspecified atom stereocenters. The lowest BCUT2D eigenvalue weighted by Gasteiger charge is -2.27. The summed E-state index contributed by atoms with van der Waals surface area (Å²) < 4.78 is 11.5. The number of hydrogen-bond donors (Lipinski definition) is 2. The molecule has 1 aromatic heterocycles. The summed E-state index contributed by atoms with van der Waals surface area (Å²) >= 11 is 1.73. The SMILES string of the molecule is COc1cc([C@@H]2NC(=O)c3c(sc4c3CC[C@@H](C)C4)N2)ccc1OCc1ccccc1. The summed E-state index contributed by atoms with van der Waals surface area (Å²) in [5.41, 5.74) is 4.11. The van der Waals surface area contributed by atoms with E-state index in [9.17, 15) is 4.79 Å². The summed E-state index contributed by atoms with van der Waals surface area (Å²) in [5.74, 6) is 2.02. The van der Waals surface area contributed by atoms with Crippen molar-refractivity contribution in [3.05, 3.63) is 75.7 Å². The van der Waals surface area contributed by atoms with Gasteiger partial charge in [0.05, 0.1) is 12.7 Å². The summed E-state index contributed by atoms with van der Waals surface area (Å²) in [6, 6.07) is 15.8. The molecule has 2 aromatic carbocycles. The standard InChI is InChI=1S/C25H26N2O3S/c1-15-8-10-18-21(12-15)31-25-22(18)24(28)26-23(27-25)17-9-11-19(20(13-17)29-2)30-14-16-6-4-3-5-7-16/h3-7,9,11,13,15,23,27H,8,10,12,14H2,1-2H3,(H,26,28)/t15-,23-/m1/s1. The zero-order valence-electron chi connectivity index (χ0n) is 17.7. The van der Waals surface area contributed by atoms with Crippen molar-refractivity contribution < 1.29 is 14.3 Å². The van der Waals surface area contributed by atoms with Crippen LogP contribution in [0.4, 0.5) is 5.00 Å². The molecule has 2 aliphatic rings. The second-order valence-electron chi connectivity index (χ2n) is 8.29. The Bertz CT molecular complexity index is 1110. The number of methoxy groups -OCH3 is 1. The smallest absolute Gasteiger partial charge is 0.256 e.